The molecule has 0 fully saturated rings. The highest BCUT2D eigenvalue weighted by Gasteiger charge is 2.06. The fourth-order valence-corrected chi connectivity index (χ4v) is 1.34. The number of carbonyl (C=O) groups is 1. The molecule has 0 aromatic heterocycles. The maximum atomic E-state index is 10.9. The number of benzene rings is 1. The molecule has 17 heavy (non-hydrogen) atoms. The van der Waals surface area contributed by atoms with Crippen LogP contribution in [0.25, 0.3) is 0 Å². The fourth-order valence-electron chi connectivity index (χ4n) is 1.15. The number of hydrogen-bond donors (Lipinski definition) is 2. The van der Waals surface area contributed by atoms with E-state index in [2.05, 4.69) is 15.4 Å². The molecular weight excluding hydrogens is 240 g/mol. The maximum Gasteiger partial charge on any atom is 0.413 e. The predicted molar refractivity (Wildman–Crippen MR) is 69.4 cm³/mol. The van der Waals surface area contributed by atoms with Gasteiger partial charge < -0.3 is 14.8 Å². The zero-order valence-corrected chi connectivity index (χ0v) is 10.5. The molecule has 0 spiro atoms. The van der Waals surface area contributed by atoms with E-state index in [1.165, 1.54) is 7.11 Å². The quantitative estimate of drug-likeness (QED) is 0.809. The highest BCUT2D eigenvalue weighted by atomic mass is 32.1. The molecule has 1 aromatic carbocycles. The van der Waals surface area contributed by atoms with Gasteiger partial charge in [0.15, 0.2) is 5.11 Å². The van der Waals surface area contributed by atoms with Crippen molar-refractivity contribution in [3.63, 3.8) is 0 Å². The van der Waals surface area contributed by atoms with Gasteiger partial charge in [-0.25, -0.2) is 4.79 Å². The van der Waals surface area contributed by atoms with Gasteiger partial charge in [-0.3, -0.25) is 5.32 Å². The zero-order chi connectivity index (χ0) is 12.7. The van der Waals surface area contributed by atoms with Crippen LogP contribution >= 0.6 is 12.2 Å². The summed E-state index contributed by atoms with van der Waals surface area (Å²) in [5, 5.41) is 5.36. The van der Waals surface area contributed by atoms with Gasteiger partial charge in [-0.2, -0.15) is 0 Å². The number of amides is 1. The van der Waals surface area contributed by atoms with Gasteiger partial charge in [-0.05, 0) is 31.3 Å². The SMILES string of the molecule is CCOc1ccccc1NC(=S)NC(=O)OC. The number of carbonyl (C=O) groups excluding carboxylic acids is 1. The van der Waals surface area contributed by atoms with Gasteiger partial charge >= 0.3 is 6.09 Å². The number of thiocarbonyl (C=S) groups is 1. The number of ether oxygens (including phenoxy) is 2. The molecule has 1 amide bonds. The largest absolute Gasteiger partial charge is 0.492 e. The van der Waals surface area contributed by atoms with E-state index in [9.17, 15) is 4.79 Å². The van der Waals surface area contributed by atoms with Crippen molar-refractivity contribution in [2.24, 2.45) is 0 Å². The minimum Gasteiger partial charge on any atom is -0.492 e. The summed E-state index contributed by atoms with van der Waals surface area (Å²) in [5.74, 6) is 0.670. The molecular formula is C11H14N2O3S. The minimum atomic E-state index is -0.614. The first kappa shape index (κ1) is 13.2. The van der Waals surface area contributed by atoms with E-state index in [4.69, 9.17) is 17.0 Å². The molecule has 6 heteroatoms. The van der Waals surface area contributed by atoms with Crippen molar-refractivity contribution in [3.05, 3.63) is 24.3 Å². The van der Waals surface area contributed by atoms with E-state index < -0.39 is 6.09 Å². The van der Waals surface area contributed by atoms with Crippen LogP contribution in [-0.2, 0) is 4.74 Å². The Morgan fingerprint density at radius 3 is 2.76 bits per heavy atom. The molecule has 1 rings (SSSR count). The van der Waals surface area contributed by atoms with Crippen LogP contribution in [0, 0.1) is 0 Å². The molecule has 92 valence electrons. The zero-order valence-electron chi connectivity index (χ0n) is 9.65. The van der Waals surface area contributed by atoms with Crippen LogP contribution < -0.4 is 15.4 Å². The predicted octanol–water partition coefficient (Wildman–Crippen LogP) is 2.14. The van der Waals surface area contributed by atoms with Crippen LogP contribution in [0.2, 0.25) is 0 Å². The van der Waals surface area contributed by atoms with Crippen molar-refractivity contribution >= 4 is 29.1 Å². The molecule has 0 aliphatic heterocycles. The van der Waals surface area contributed by atoms with Crippen molar-refractivity contribution in [2.75, 3.05) is 19.0 Å². The van der Waals surface area contributed by atoms with E-state index in [0.29, 0.717) is 18.0 Å². The average molecular weight is 254 g/mol. The van der Waals surface area contributed by atoms with Crippen LogP contribution in [0.3, 0.4) is 0 Å². The highest BCUT2D eigenvalue weighted by Crippen LogP contribution is 2.23. The normalized spacial score (nSPS) is 9.29. The van der Waals surface area contributed by atoms with Gasteiger partial charge in [0.2, 0.25) is 0 Å². The Bertz CT molecular complexity index is 409. The molecule has 0 atom stereocenters. The second-order valence-electron chi connectivity index (χ2n) is 3.00. The molecule has 1 aromatic rings. The Kier molecular flexibility index (Phi) is 5.22. The smallest absolute Gasteiger partial charge is 0.413 e. The standard InChI is InChI=1S/C11H14N2O3S/c1-3-16-9-7-5-4-6-8(9)12-10(17)13-11(14)15-2/h4-7H,3H2,1-2H3,(H2,12,13,14,17). The van der Waals surface area contributed by atoms with Gasteiger partial charge in [0, 0.05) is 0 Å². The van der Waals surface area contributed by atoms with Crippen LogP contribution in [-0.4, -0.2) is 24.9 Å². The average Bonchev–Trinajstić information content (AvgIpc) is 2.31. The molecule has 5 nitrogen and oxygen atoms in total. The van der Waals surface area contributed by atoms with Gasteiger partial charge in [-0.15, -0.1) is 0 Å². The Balaban J connectivity index is 2.67. The van der Waals surface area contributed by atoms with Crippen molar-refractivity contribution in [1.82, 2.24) is 5.32 Å². The summed E-state index contributed by atoms with van der Waals surface area (Å²) in [4.78, 5) is 10.9. The van der Waals surface area contributed by atoms with Gasteiger partial charge in [0.1, 0.15) is 5.75 Å². The van der Waals surface area contributed by atoms with Crippen LogP contribution in [0.5, 0.6) is 5.75 Å². The first-order valence-corrected chi connectivity index (χ1v) is 5.46. The molecule has 0 bridgehead atoms. The van der Waals surface area contributed by atoms with E-state index >= 15 is 0 Å². The summed E-state index contributed by atoms with van der Waals surface area (Å²) in [5.41, 5.74) is 0.691. The number of rotatable bonds is 3. The van der Waals surface area contributed by atoms with Crippen LogP contribution in [0.1, 0.15) is 6.92 Å². The van der Waals surface area contributed by atoms with E-state index in [-0.39, 0.29) is 5.11 Å². The third kappa shape index (κ3) is 4.28. The lowest BCUT2D eigenvalue weighted by atomic mass is 10.3. The molecule has 0 saturated heterocycles. The summed E-state index contributed by atoms with van der Waals surface area (Å²) in [6, 6.07) is 7.31. The van der Waals surface area contributed by atoms with Crippen molar-refractivity contribution in [1.29, 1.82) is 0 Å². The van der Waals surface area contributed by atoms with Gasteiger partial charge in [0.25, 0.3) is 0 Å². The lowest BCUT2D eigenvalue weighted by molar-refractivity contribution is 0.177. The minimum absolute atomic E-state index is 0.156. The Morgan fingerprint density at radius 1 is 1.41 bits per heavy atom. The van der Waals surface area contributed by atoms with E-state index in [1.807, 2.05) is 25.1 Å². The number of hydrogen-bond acceptors (Lipinski definition) is 4. The lowest BCUT2D eigenvalue weighted by Crippen LogP contribution is -2.34. The summed E-state index contributed by atoms with van der Waals surface area (Å²) in [6.45, 7) is 2.44. The van der Waals surface area contributed by atoms with Gasteiger partial charge in [-0.1, -0.05) is 12.1 Å². The molecule has 0 radical (unpaired) electrons. The fraction of sp³-hybridized carbons (Fsp3) is 0.273. The molecule has 0 saturated carbocycles. The monoisotopic (exact) mass is 254 g/mol. The second-order valence-corrected chi connectivity index (χ2v) is 3.41. The summed E-state index contributed by atoms with van der Waals surface area (Å²) < 4.78 is 9.83. The Morgan fingerprint density at radius 2 is 2.12 bits per heavy atom. The first-order chi connectivity index (χ1) is 8.17. The van der Waals surface area contributed by atoms with E-state index in [0.717, 1.165) is 0 Å². The van der Waals surface area contributed by atoms with Gasteiger partial charge in [0.05, 0.1) is 19.4 Å². The molecule has 0 heterocycles. The summed E-state index contributed by atoms with van der Waals surface area (Å²) >= 11 is 4.94. The Hall–Kier alpha value is -1.82. The third-order valence-corrected chi connectivity index (χ3v) is 2.04. The summed E-state index contributed by atoms with van der Waals surface area (Å²) in [6.07, 6.45) is -0.614. The molecule has 0 aliphatic rings. The summed E-state index contributed by atoms with van der Waals surface area (Å²) in [7, 11) is 1.27. The number of nitrogens with one attached hydrogen (secondary N) is 2. The molecule has 0 unspecified atom stereocenters. The van der Waals surface area contributed by atoms with E-state index in [1.54, 1.807) is 6.07 Å². The number of anilines is 1. The molecule has 2 N–H and O–H groups in total. The number of methoxy groups -OCH3 is 1. The first-order valence-electron chi connectivity index (χ1n) is 5.05. The number of alkyl carbamates (subject to hydrolysis) is 1. The lowest BCUT2D eigenvalue weighted by Gasteiger charge is -2.12. The third-order valence-electron chi connectivity index (χ3n) is 1.84. The van der Waals surface area contributed by atoms with Crippen LogP contribution in [0.4, 0.5) is 10.5 Å². The maximum absolute atomic E-state index is 10.9. The van der Waals surface area contributed by atoms with Crippen molar-refractivity contribution in [3.8, 4) is 5.75 Å². The van der Waals surface area contributed by atoms with Crippen LogP contribution in [0.15, 0.2) is 24.3 Å². The van der Waals surface area contributed by atoms with Crippen molar-refractivity contribution in [2.45, 2.75) is 6.92 Å². The highest BCUT2D eigenvalue weighted by molar-refractivity contribution is 7.80. The number of para-hydroxylation sites is 2. The topological polar surface area (TPSA) is 59.6 Å². The Labute approximate surface area is 105 Å². The van der Waals surface area contributed by atoms with Crippen molar-refractivity contribution < 1.29 is 14.3 Å². The molecule has 0 aliphatic carbocycles. The second kappa shape index (κ2) is 6.70.